The number of rotatable bonds is 5. The van der Waals surface area contributed by atoms with Crippen LogP contribution in [0.15, 0.2) is 0 Å². The number of hydrogen-bond donors (Lipinski definition) is 1. The zero-order chi connectivity index (χ0) is 15.4. The van der Waals surface area contributed by atoms with Crippen molar-refractivity contribution in [1.29, 1.82) is 0 Å². The van der Waals surface area contributed by atoms with Gasteiger partial charge in [-0.15, -0.1) is 0 Å². The second-order valence-electron chi connectivity index (χ2n) is 6.41. The van der Waals surface area contributed by atoms with Crippen molar-refractivity contribution in [2.45, 2.75) is 40.5 Å². The number of nitrogens with zero attached hydrogens (tertiary/aromatic N) is 4. The Morgan fingerprint density at radius 3 is 2.38 bits per heavy atom. The number of piperazine rings is 1. The van der Waals surface area contributed by atoms with Gasteiger partial charge >= 0.3 is 0 Å². The van der Waals surface area contributed by atoms with Gasteiger partial charge in [-0.05, 0) is 19.3 Å². The van der Waals surface area contributed by atoms with E-state index in [1.165, 1.54) is 6.54 Å². The molecule has 0 aliphatic carbocycles. The molecule has 0 bridgehead atoms. The Balaban J connectivity index is 2.09. The molecule has 0 saturated carbocycles. The lowest BCUT2D eigenvalue weighted by molar-refractivity contribution is 0.231. The summed E-state index contributed by atoms with van der Waals surface area (Å²) in [4.78, 5) is 14.1. The first-order chi connectivity index (χ1) is 10.0. The van der Waals surface area contributed by atoms with E-state index in [2.05, 4.69) is 35.6 Å². The first-order valence-corrected chi connectivity index (χ1v) is 8.11. The number of aromatic nitrogens is 2. The van der Waals surface area contributed by atoms with Crippen molar-refractivity contribution in [3.63, 3.8) is 0 Å². The zero-order valence-corrected chi connectivity index (χ0v) is 13.9. The Kier molecular flexibility index (Phi) is 5.39. The summed E-state index contributed by atoms with van der Waals surface area (Å²) < 4.78 is 0. The van der Waals surface area contributed by atoms with Crippen LogP contribution in [0.5, 0.6) is 0 Å². The second-order valence-corrected chi connectivity index (χ2v) is 6.41. The Labute approximate surface area is 128 Å². The highest BCUT2D eigenvalue weighted by Crippen LogP contribution is 2.23. The summed E-state index contributed by atoms with van der Waals surface area (Å²) in [5.41, 5.74) is 7.08. The monoisotopic (exact) mass is 291 g/mol. The molecule has 1 fully saturated rings. The normalized spacial score (nSPS) is 16.7. The molecule has 0 spiro atoms. The summed E-state index contributed by atoms with van der Waals surface area (Å²) in [7, 11) is 0. The van der Waals surface area contributed by atoms with Crippen LogP contribution in [-0.4, -0.2) is 47.6 Å². The van der Waals surface area contributed by atoms with Crippen molar-refractivity contribution in [3.05, 3.63) is 11.4 Å². The SMILES string of the molecule is CCCc1nc(N)c(C)c(N2CCN(CC(C)C)CC2)n1. The molecule has 1 aliphatic rings. The van der Waals surface area contributed by atoms with E-state index in [0.717, 1.165) is 62.1 Å². The lowest BCUT2D eigenvalue weighted by Crippen LogP contribution is -2.48. The summed E-state index contributed by atoms with van der Waals surface area (Å²) in [5, 5.41) is 0. The Morgan fingerprint density at radius 1 is 1.14 bits per heavy atom. The van der Waals surface area contributed by atoms with Gasteiger partial charge in [0.05, 0.1) is 0 Å². The minimum absolute atomic E-state index is 0.632. The molecule has 0 atom stereocenters. The van der Waals surface area contributed by atoms with Crippen molar-refractivity contribution in [2.75, 3.05) is 43.4 Å². The fourth-order valence-electron chi connectivity index (χ4n) is 2.87. The molecule has 2 rings (SSSR count). The molecule has 118 valence electrons. The Hall–Kier alpha value is -1.36. The molecule has 1 aliphatic heterocycles. The van der Waals surface area contributed by atoms with E-state index >= 15 is 0 Å². The second kappa shape index (κ2) is 7.07. The maximum Gasteiger partial charge on any atom is 0.137 e. The van der Waals surface area contributed by atoms with E-state index < -0.39 is 0 Å². The average Bonchev–Trinajstić information content (AvgIpc) is 2.43. The van der Waals surface area contributed by atoms with Crippen molar-refractivity contribution in [1.82, 2.24) is 14.9 Å². The molecule has 0 amide bonds. The molecule has 1 saturated heterocycles. The highest BCUT2D eigenvalue weighted by Gasteiger charge is 2.21. The van der Waals surface area contributed by atoms with Crippen LogP contribution in [0.2, 0.25) is 0 Å². The van der Waals surface area contributed by atoms with Gasteiger partial charge in [-0.25, -0.2) is 9.97 Å². The predicted octanol–water partition coefficient (Wildman–Crippen LogP) is 2.10. The molecule has 21 heavy (non-hydrogen) atoms. The van der Waals surface area contributed by atoms with Crippen molar-refractivity contribution >= 4 is 11.6 Å². The Morgan fingerprint density at radius 2 is 1.81 bits per heavy atom. The molecule has 5 nitrogen and oxygen atoms in total. The minimum Gasteiger partial charge on any atom is -0.383 e. The summed E-state index contributed by atoms with van der Waals surface area (Å²) in [6.45, 7) is 14.2. The van der Waals surface area contributed by atoms with Gasteiger partial charge in [0.25, 0.3) is 0 Å². The van der Waals surface area contributed by atoms with Crippen LogP contribution in [0.4, 0.5) is 11.6 Å². The molecule has 5 heteroatoms. The van der Waals surface area contributed by atoms with Crippen LogP contribution < -0.4 is 10.6 Å². The molecule has 2 N–H and O–H groups in total. The zero-order valence-electron chi connectivity index (χ0n) is 13.9. The molecule has 0 radical (unpaired) electrons. The maximum atomic E-state index is 6.06. The largest absolute Gasteiger partial charge is 0.383 e. The molecule has 1 aromatic heterocycles. The third-order valence-corrected chi connectivity index (χ3v) is 3.97. The lowest BCUT2D eigenvalue weighted by Gasteiger charge is -2.36. The maximum absolute atomic E-state index is 6.06. The van der Waals surface area contributed by atoms with Gasteiger partial charge in [0.2, 0.25) is 0 Å². The standard InChI is InChI=1S/C16H29N5/c1-5-6-14-18-15(17)13(4)16(19-14)21-9-7-20(8-10-21)11-12(2)3/h12H,5-11H2,1-4H3,(H2,17,18,19). The topological polar surface area (TPSA) is 58.3 Å². The van der Waals surface area contributed by atoms with Gasteiger partial charge in [-0.3, -0.25) is 4.90 Å². The van der Waals surface area contributed by atoms with Crippen LogP contribution in [-0.2, 0) is 6.42 Å². The van der Waals surface area contributed by atoms with E-state index in [1.807, 2.05) is 6.92 Å². The van der Waals surface area contributed by atoms with Crippen molar-refractivity contribution in [2.24, 2.45) is 5.92 Å². The van der Waals surface area contributed by atoms with Gasteiger partial charge in [0.15, 0.2) is 0 Å². The van der Waals surface area contributed by atoms with Gasteiger partial charge < -0.3 is 10.6 Å². The molecular formula is C16H29N5. The van der Waals surface area contributed by atoms with E-state index in [9.17, 15) is 0 Å². The summed E-state index contributed by atoms with van der Waals surface area (Å²) >= 11 is 0. The van der Waals surface area contributed by atoms with Crippen LogP contribution in [0.25, 0.3) is 0 Å². The number of anilines is 2. The third-order valence-electron chi connectivity index (χ3n) is 3.97. The average molecular weight is 291 g/mol. The summed E-state index contributed by atoms with van der Waals surface area (Å²) in [5.74, 6) is 3.27. The van der Waals surface area contributed by atoms with Gasteiger partial charge in [0, 0.05) is 44.7 Å². The van der Waals surface area contributed by atoms with Crippen LogP contribution in [0.3, 0.4) is 0 Å². The number of nitrogens with two attached hydrogens (primary N) is 1. The van der Waals surface area contributed by atoms with Crippen molar-refractivity contribution < 1.29 is 0 Å². The molecule has 1 aromatic rings. The number of nitrogen functional groups attached to an aromatic ring is 1. The minimum atomic E-state index is 0.632. The van der Waals surface area contributed by atoms with Crippen LogP contribution in [0.1, 0.15) is 38.6 Å². The lowest BCUT2D eigenvalue weighted by atomic mass is 10.2. The number of aryl methyl sites for hydroxylation is 1. The fraction of sp³-hybridized carbons (Fsp3) is 0.750. The third kappa shape index (κ3) is 4.06. The quantitative estimate of drug-likeness (QED) is 0.900. The summed E-state index contributed by atoms with van der Waals surface area (Å²) in [6.07, 6.45) is 1.94. The van der Waals surface area contributed by atoms with Gasteiger partial charge in [-0.2, -0.15) is 0 Å². The fourth-order valence-corrected chi connectivity index (χ4v) is 2.87. The molecular weight excluding hydrogens is 262 g/mol. The van der Waals surface area contributed by atoms with E-state index in [1.54, 1.807) is 0 Å². The predicted molar refractivity (Wildman–Crippen MR) is 88.7 cm³/mol. The Bertz CT molecular complexity index is 464. The van der Waals surface area contributed by atoms with E-state index in [0.29, 0.717) is 5.82 Å². The number of hydrogen-bond acceptors (Lipinski definition) is 5. The highest BCUT2D eigenvalue weighted by molar-refractivity contribution is 5.56. The van der Waals surface area contributed by atoms with Gasteiger partial charge in [-0.1, -0.05) is 20.8 Å². The van der Waals surface area contributed by atoms with E-state index in [-0.39, 0.29) is 0 Å². The molecule has 2 heterocycles. The van der Waals surface area contributed by atoms with Crippen LogP contribution in [0, 0.1) is 12.8 Å². The smallest absolute Gasteiger partial charge is 0.137 e. The van der Waals surface area contributed by atoms with Gasteiger partial charge in [0.1, 0.15) is 17.5 Å². The van der Waals surface area contributed by atoms with Crippen LogP contribution >= 0.6 is 0 Å². The molecule has 0 aromatic carbocycles. The first kappa shape index (κ1) is 16.0. The van der Waals surface area contributed by atoms with Crippen molar-refractivity contribution in [3.8, 4) is 0 Å². The first-order valence-electron chi connectivity index (χ1n) is 8.11. The molecule has 0 unspecified atom stereocenters. The highest BCUT2D eigenvalue weighted by atomic mass is 15.3. The van der Waals surface area contributed by atoms with E-state index in [4.69, 9.17) is 10.7 Å². The summed E-state index contributed by atoms with van der Waals surface area (Å²) in [6, 6.07) is 0.